The molecule has 4 rings (SSSR count). The number of likely N-dealkylation sites (tertiary alicyclic amines) is 1. The number of aliphatic hydroxyl groups is 1. The van der Waals surface area contributed by atoms with Crippen molar-refractivity contribution < 1.29 is 19.4 Å². The molecular formula is C27H29N3O4. The molecule has 0 spiro atoms. The van der Waals surface area contributed by atoms with Gasteiger partial charge in [0, 0.05) is 31.0 Å². The van der Waals surface area contributed by atoms with Crippen molar-refractivity contribution in [3.05, 3.63) is 89.5 Å². The lowest BCUT2D eigenvalue weighted by atomic mass is 9.93. The molecular weight excluding hydrogens is 430 g/mol. The van der Waals surface area contributed by atoms with E-state index in [4.69, 9.17) is 4.74 Å². The quantitative estimate of drug-likeness (QED) is 0.304. The van der Waals surface area contributed by atoms with E-state index in [0.29, 0.717) is 36.7 Å². The molecule has 2 aromatic carbocycles. The Morgan fingerprint density at radius 3 is 2.53 bits per heavy atom. The van der Waals surface area contributed by atoms with Crippen LogP contribution in [0, 0.1) is 0 Å². The molecule has 176 valence electrons. The summed E-state index contributed by atoms with van der Waals surface area (Å²) in [4.78, 5) is 31.9. The Morgan fingerprint density at radius 2 is 1.88 bits per heavy atom. The predicted molar refractivity (Wildman–Crippen MR) is 129 cm³/mol. The van der Waals surface area contributed by atoms with Gasteiger partial charge in [0.2, 0.25) is 0 Å². The van der Waals surface area contributed by atoms with Crippen LogP contribution in [0.2, 0.25) is 0 Å². The first kappa shape index (κ1) is 23.3. The molecule has 1 aliphatic heterocycles. The van der Waals surface area contributed by atoms with Crippen LogP contribution < -0.4 is 4.74 Å². The van der Waals surface area contributed by atoms with Crippen molar-refractivity contribution in [3.8, 4) is 5.75 Å². The van der Waals surface area contributed by atoms with Gasteiger partial charge < -0.3 is 19.3 Å². The number of nitrogens with zero attached hydrogens (tertiary/aromatic N) is 3. The lowest BCUT2D eigenvalue weighted by Crippen LogP contribution is -2.31. The third-order valence-corrected chi connectivity index (χ3v) is 6.18. The molecule has 1 N–H and O–H groups in total. The van der Waals surface area contributed by atoms with Gasteiger partial charge in [-0.2, -0.15) is 0 Å². The van der Waals surface area contributed by atoms with Crippen molar-refractivity contribution in [2.75, 3.05) is 13.7 Å². The number of carbonyl (C=O) groups excluding carboxylic acids is 2. The minimum absolute atomic E-state index is 0.0955. The van der Waals surface area contributed by atoms with Crippen molar-refractivity contribution in [2.45, 2.75) is 38.8 Å². The SMILES string of the molecule is COc1cccc(/C(O)=C2\C(=O)C(=O)N(CCCn3ccnc3)[C@H]2c2ccc(C(C)C)cc2)c1. The van der Waals surface area contributed by atoms with Gasteiger partial charge in [0.25, 0.3) is 11.7 Å². The highest BCUT2D eigenvalue weighted by Crippen LogP contribution is 2.40. The number of methoxy groups -OCH3 is 1. The van der Waals surface area contributed by atoms with E-state index >= 15 is 0 Å². The van der Waals surface area contributed by atoms with Gasteiger partial charge in [-0.25, -0.2) is 4.98 Å². The number of ketones is 1. The molecule has 1 saturated heterocycles. The van der Waals surface area contributed by atoms with Gasteiger partial charge >= 0.3 is 0 Å². The number of carbonyl (C=O) groups is 2. The van der Waals surface area contributed by atoms with Crippen LogP contribution in [-0.4, -0.2) is 44.9 Å². The second-order valence-corrected chi connectivity index (χ2v) is 8.70. The van der Waals surface area contributed by atoms with E-state index in [1.165, 1.54) is 7.11 Å². The molecule has 1 aromatic heterocycles. The van der Waals surface area contributed by atoms with Crippen LogP contribution in [0.25, 0.3) is 5.76 Å². The third kappa shape index (κ3) is 4.59. The number of imidazole rings is 1. The average Bonchev–Trinajstić information content (AvgIpc) is 3.46. The number of aryl methyl sites for hydroxylation is 1. The maximum atomic E-state index is 13.2. The average molecular weight is 460 g/mol. The van der Waals surface area contributed by atoms with Gasteiger partial charge in [-0.05, 0) is 35.6 Å². The smallest absolute Gasteiger partial charge is 0.295 e. The maximum Gasteiger partial charge on any atom is 0.295 e. The first-order valence-corrected chi connectivity index (χ1v) is 11.4. The fourth-order valence-corrected chi connectivity index (χ4v) is 4.29. The van der Waals surface area contributed by atoms with Gasteiger partial charge in [0.15, 0.2) is 0 Å². The summed E-state index contributed by atoms with van der Waals surface area (Å²) in [5.74, 6) is -0.579. The molecule has 34 heavy (non-hydrogen) atoms. The Labute approximate surface area is 199 Å². The van der Waals surface area contributed by atoms with E-state index in [1.807, 2.05) is 35.0 Å². The third-order valence-electron chi connectivity index (χ3n) is 6.18. The molecule has 1 fully saturated rings. The Bertz CT molecular complexity index is 1200. The van der Waals surface area contributed by atoms with Crippen molar-refractivity contribution in [1.82, 2.24) is 14.5 Å². The largest absolute Gasteiger partial charge is 0.507 e. The van der Waals surface area contributed by atoms with Gasteiger partial charge in [0.1, 0.15) is 11.5 Å². The lowest BCUT2D eigenvalue weighted by Gasteiger charge is -2.26. The number of ether oxygens (including phenoxy) is 1. The zero-order chi connectivity index (χ0) is 24.2. The van der Waals surface area contributed by atoms with E-state index in [0.717, 1.165) is 11.1 Å². The summed E-state index contributed by atoms with van der Waals surface area (Å²) in [7, 11) is 1.54. The Kier molecular flexibility index (Phi) is 6.82. The van der Waals surface area contributed by atoms with Gasteiger partial charge in [-0.15, -0.1) is 0 Å². The van der Waals surface area contributed by atoms with E-state index in [9.17, 15) is 14.7 Å². The van der Waals surface area contributed by atoms with Crippen LogP contribution in [0.5, 0.6) is 5.75 Å². The van der Waals surface area contributed by atoms with E-state index < -0.39 is 17.7 Å². The highest BCUT2D eigenvalue weighted by atomic mass is 16.5. The van der Waals surface area contributed by atoms with Crippen LogP contribution >= 0.6 is 0 Å². The molecule has 1 aliphatic rings. The molecule has 0 aliphatic carbocycles. The second-order valence-electron chi connectivity index (χ2n) is 8.70. The fraction of sp³-hybridized carbons (Fsp3) is 0.296. The highest BCUT2D eigenvalue weighted by Gasteiger charge is 2.45. The lowest BCUT2D eigenvalue weighted by molar-refractivity contribution is -0.139. The highest BCUT2D eigenvalue weighted by molar-refractivity contribution is 6.46. The molecule has 0 unspecified atom stereocenters. The van der Waals surface area contributed by atoms with Crippen LogP contribution in [0.4, 0.5) is 0 Å². The van der Waals surface area contributed by atoms with Crippen LogP contribution in [0.1, 0.15) is 48.9 Å². The molecule has 0 saturated carbocycles. The van der Waals surface area contributed by atoms with Crippen LogP contribution in [0.3, 0.4) is 0 Å². The summed E-state index contributed by atoms with van der Waals surface area (Å²) in [6.07, 6.45) is 5.93. The predicted octanol–water partition coefficient (Wildman–Crippen LogP) is 4.53. The number of aliphatic hydroxyl groups excluding tert-OH is 1. The van der Waals surface area contributed by atoms with Gasteiger partial charge in [-0.3, -0.25) is 9.59 Å². The maximum absolute atomic E-state index is 13.2. The molecule has 1 atom stereocenters. The summed E-state index contributed by atoms with van der Waals surface area (Å²) in [6, 6.07) is 14.1. The second kappa shape index (κ2) is 9.95. The Morgan fingerprint density at radius 1 is 1.12 bits per heavy atom. The molecule has 1 amide bonds. The summed E-state index contributed by atoms with van der Waals surface area (Å²) >= 11 is 0. The first-order valence-electron chi connectivity index (χ1n) is 11.4. The number of hydrogen-bond acceptors (Lipinski definition) is 5. The summed E-state index contributed by atoms with van der Waals surface area (Å²) in [5.41, 5.74) is 2.47. The minimum Gasteiger partial charge on any atom is -0.507 e. The molecule has 3 aromatic rings. The normalized spacial score (nSPS) is 17.5. The summed E-state index contributed by atoms with van der Waals surface area (Å²) < 4.78 is 7.20. The number of hydrogen-bond donors (Lipinski definition) is 1. The Balaban J connectivity index is 1.74. The summed E-state index contributed by atoms with van der Waals surface area (Å²) in [5, 5.41) is 11.2. The van der Waals surface area contributed by atoms with Crippen molar-refractivity contribution in [2.24, 2.45) is 0 Å². The number of rotatable bonds is 8. The fourth-order valence-electron chi connectivity index (χ4n) is 4.29. The standard InChI is InChI=1S/C27H29N3O4/c1-18(2)19-8-10-20(11-9-19)24-23(25(31)21-6-4-7-22(16-21)34-3)26(32)27(33)30(24)14-5-13-29-15-12-28-17-29/h4,6-12,15-18,24,31H,5,13-14H2,1-3H3/b25-23+/t24-/m0/s1. The number of aromatic nitrogens is 2. The molecule has 0 bridgehead atoms. The minimum atomic E-state index is -0.680. The van der Waals surface area contributed by atoms with Gasteiger partial charge in [-0.1, -0.05) is 50.2 Å². The van der Waals surface area contributed by atoms with E-state index in [-0.39, 0.29) is 11.3 Å². The topological polar surface area (TPSA) is 84.7 Å². The van der Waals surface area contributed by atoms with E-state index in [2.05, 4.69) is 18.8 Å². The first-order chi connectivity index (χ1) is 16.4. The van der Waals surface area contributed by atoms with Gasteiger partial charge in [0.05, 0.1) is 25.1 Å². The number of amides is 1. The van der Waals surface area contributed by atoms with Crippen LogP contribution in [-0.2, 0) is 16.1 Å². The number of Topliss-reactive ketones (excluding diaryl/α,β-unsaturated/α-hetero) is 1. The number of benzene rings is 2. The zero-order valence-electron chi connectivity index (χ0n) is 19.6. The van der Waals surface area contributed by atoms with Crippen molar-refractivity contribution in [1.29, 1.82) is 0 Å². The molecule has 7 nitrogen and oxygen atoms in total. The zero-order valence-corrected chi connectivity index (χ0v) is 19.6. The Hall–Kier alpha value is -3.87. The monoisotopic (exact) mass is 459 g/mol. The van der Waals surface area contributed by atoms with E-state index in [1.54, 1.807) is 41.7 Å². The van der Waals surface area contributed by atoms with Crippen molar-refractivity contribution in [3.63, 3.8) is 0 Å². The van der Waals surface area contributed by atoms with Crippen LogP contribution in [0.15, 0.2) is 72.8 Å². The summed E-state index contributed by atoms with van der Waals surface area (Å²) in [6.45, 7) is 5.26. The molecule has 2 heterocycles. The molecule has 0 radical (unpaired) electrons. The van der Waals surface area contributed by atoms with Crippen molar-refractivity contribution >= 4 is 17.4 Å². The molecule has 7 heteroatoms.